The lowest BCUT2D eigenvalue weighted by atomic mass is 10.1. The van der Waals surface area contributed by atoms with E-state index in [1.165, 1.54) is 0 Å². The third kappa shape index (κ3) is 2.47. The van der Waals surface area contributed by atoms with Crippen LogP contribution in [0, 0.1) is 12.3 Å². The van der Waals surface area contributed by atoms with Gasteiger partial charge in [-0.05, 0) is 31.4 Å². The zero-order valence-corrected chi connectivity index (χ0v) is 11.5. The largest absolute Gasteiger partial charge is 0.344 e. The number of rotatable bonds is 6. The van der Waals surface area contributed by atoms with Crippen molar-refractivity contribution in [2.75, 3.05) is 6.61 Å². The van der Waals surface area contributed by atoms with Crippen LogP contribution in [0.4, 0.5) is 0 Å². The van der Waals surface area contributed by atoms with Crippen LogP contribution in [-0.4, -0.2) is 21.6 Å². The molecule has 0 aliphatic heterocycles. The Labute approximate surface area is 113 Å². The van der Waals surface area contributed by atoms with E-state index >= 15 is 0 Å². The van der Waals surface area contributed by atoms with Gasteiger partial charge in [0.2, 0.25) is 5.72 Å². The van der Waals surface area contributed by atoms with Gasteiger partial charge in [0.1, 0.15) is 5.52 Å². The summed E-state index contributed by atoms with van der Waals surface area (Å²) < 4.78 is 7.60. The zero-order valence-electron chi connectivity index (χ0n) is 11.5. The van der Waals surface area contributed by atoms with Gasteiger partial charge in [-0.1, -0.05) is 30.7 Å². The molecule has 2 aromatic rings. The van der Waals surface area contributed by atoms with E-state index in [2.05, 4.69) is 23.2 Å². The van der Waals surface area contributed by atoms with Crippen molar-refractivity contribution >= 4 is 11.0 Å². The van der Waals surface area contributed by atoms with Gasteiger partial charge in [-0.15, -0.1) is 11.5 Å². The molecule has 0 saturated heterocycles. The van der Waals surface area contributed by atoms with E-state index in [1.54, 1.807) is 4.68 Å². The van der Waals surface area contributed by atoms with E-state index in [1.807, 2.05) is 31.2 Å². The Kier molecular flexibility index (Phi) is 4.18. The molecule has 4 nitrogen and oxygen atoms in total. The second-order valence-electron chi connectivity index (χ2n) is 4.46. The molecule has 0 radical (unpaired) electrons. The van der Waals surface area contributed by atoms with Crippen molar-refractivity contribution in [1.29, 1.82) is 0 Å². The van der Waals surface area contributed by atoms with E-state index in [4.69, 9.17) is 11.2 Å². The highest BCUT2D eigenvalue weighted by Gasteiger charge is 2.32. The third-order valence-corrected chi connectivity index (χ3v) is 3.17. The quantitative estimate of drug-likeness (QED) is 0.747. The van der Waals surface area contributed by atoms with Crippen molar-refractivity contribution in [3.05, 3.63) is 24.3 Å². The Morgan fingerprint density at radius 3 is 2.84 bits per heavy atom. The van der Waals surface area contributed by atoms with Gasteiger partial charge in [-0.25, -0.2) is 4.68 Å². The number of unbranched alkanes of at least 4 members (excludes halogenated alkanes) is 1. The summed E-state index contributed by atoms with van der Waals surface area (Å²) in [7, 11) is 0. The van der Waals surface area contributed by atoms with Crippen LogP contribution in [0.2, 0.25) is 0 Å². The average molecular weight is 257 g/mol. The highest BCUT2D eigenvalue weighted by Crippen LogP contribution is 2.27. The Bertz CT molecular complexity index is 584. The summed E-state index contributed by atoms with van der Waals surface area (Å²) in [4.78, 5) is 0. The first-order chi connectivity index (χ1) is 9.27. The van der Waals surface area contributed by atoms with Crippen LogP contribution in [-0.2, 0) is 10.5 Å². The summed E-state index contributed by atoms with van der Waals surface area (Å²) in [5.74, 6) is 2.78. The third-order valence-electron chi connectivity index (χ3n) is 3.17. The minimum atomic E-state index is -0.832. The second-order valence-corrected chi connectivity index (χ2v) is 4.46. The highest BCUT2D eigenvalue weighted by molar-refractivity contribution is 5.74. The van der Waals surface area contributed by atoms with Crippen LogP contribution in [0.15, 0.2) is 24.3 Å². The molecular weight excluding hydrogens is 238 g/mol. The van der Waals surface area contributed by atoms with Crippen LogP contribution in [0.5, 0.6) is 0 Å². The second kappa shape index (κ2) is 5.85. The zero-order chi connectivity index (χ0) is 13.7. The normalized spacial score (nSPS) is 14.2. The first-order valence-corrected chi connectivity index (χ1v) is 6.70. The van der Waals surface area contributed by atoms with Gasteiger partial charge >= 0.3 is 0 Å². The molecule has 2 rings (SSSR count). The summed E-state index contributed by atoms with van der Waals surface area (Å²) in [5, 5.41) is 8.37. The Hall–Kier alpha value is -1.86. The number of nitrogens with zero attached hydrogens (tertiary/aromatic N) is 3. The summed E-state index contributed by atoms with van der Waals surface area (Å²) in [6, 6.07) is 7.78. The molecule has 0 bridgehead atoms. The fourth-order valence-corrected chi connectivity index (χ4v) is 2.21. The molecule has 100 valence electrons. The van der Waals surface area contributed by atoms with Crippen LogP contribution >= 0.6 is 0 Å². The maximum atomic E-state index is 5.86. The topological polar surface area (TPSA) is 39.9 Å². The summed E-state index contributed by atoms with van der Waals surface area (Å²) in [5.41, 5.74) is 0.907. The number of hydrogen-bond acceptors (Lipinski definition) is 3. The smallest absolute Gasteiger partial charge is 0.225 e. The van der Waals surface area contributed by atoms with Crippen LogP contribution in [0.3, 0.4) is 0 Å². The minimum absolute atomic E-state index is 0.544. The monoisotopic (exact) mass is 257 g/mol. The molecule has 1 unspecified atom stereocenters. The Balaban J connectivity index is 2.51. The molecule has 4 heteroatoms. The van der Waals surface area contributed by atoms with E-state index in [0.717, 1.165) is 30.3 Å². The lowest BCUT2D eigenvalue weighted by molar-refractivity contribution is -0.0675. The van der Waals surface area contributed by atoms with Gasteiger partial charge in [-0.3, -0.25) is 0 Å². The number of para-hydroxylation sites is 1. The standard InChI is InChI=1S/C15H19N3O/c1-4-7-12-15(5-2,19-6-3)18-14-11-9-8-10-13(14)16-17-18/h2,8-11H,4,6-7,12H2,1,3H3. The van der Waals surface area contributed by atoms with Crippen molar-refractivity contribution in [3.63, 3.8) is 0 Å². The maximum Gasteiger partial charge on any atom is 0.225 e. The van der Waals surface area contributed by atoms with Crippen molar-refractivity contribution in [3.8, 4) is 12.3 Å². The van der Waals surface area contributed by atoms with Crippen molar-refractivity contribution in [1.82, 2.24) is 15.0 Å². The SMILES string of the molecule is C#CC(CCCC)(OCC)n1nnc2ccccc21. The van der Waals surface area contributed by atoms with Crippen molar-refractivity contribution in [2.24, 2.45) is 0 Å². The summed E-state index contributed by atoms with van der Waals surface area (Å²) in [6.45, 7) is 4.62. The molecule has 1 heterocycles. The molecule has 0 spiro atoms. The molecule has 0 N–H and O–H groups in total. The van der Waals surface area contributed by atoms with Gasteiger partial charge in [-0.2, -0.15) is 0 Å². The van der Waals surface area contributed by atoms with Crippen LogP contribution in [0.1, 0.15) is 33.1 Å². The van der Waals surface area contributed by atoms with Crippen molar-refractivity contribution < 1.29 is 4.74 Å². The van der Waals surface area contributed by atoms with E-state index in [0.29, 0.717) is 6.61 Å². The molecular formula is C15H19N3O. The number of ether oxygens (including phenoxy) is 1. The van der Waals surface area contributed by atoms with Crippen LogP contribution < -0.4 is 0 Å². The van der Waals surface area contributed by atoms with Gasteiger partial charge in [0.15, 0.2) is 0 Å². The van der Waals surface area contributed by atoms with Gasteiger partial charge in [0, 0.05) is 13.0 Å². The van der Waals surface area contributed by atoms with Crippen molar-refractivity contribution in [2.45, 2.75) is 38.8 Å². The molecule has 0 aliphatic rings. The predicted molar refractivity (Wildman–Crippen MR) is 75.5 cm³/mol. The van der Waals surface area contributed by atoms with Gasteiger partial charge in [0.25, 0.3) is 0 Å². The average Bonchev–Trinajstić information content (AvgIpc) is 2.88. The lowest BCUT2D eigenvalue weighted by Gasteiger charge is -2.28. The fourth-order valence-electron chi connectivity index (χ4n) is 2.21. The molecule has 0 saturated carbocycles. The lowest BCUT2D eigenvalue weighted by Crippen LogP contribution is -2.36. The fraction of sp³-hybridized carbons (Fsp3) is 0.467. The molecule has 1 aromatic carbocycles. The molecule has 1 aromatic heterocycles. The van der Waals surface area contributed by atoms with E-state index < -0.39 is 5.72 Å². The number of terminal acetylenes is 1. The Morgan fingerprint density at radius 1 is 1.37 bits per heavy atom. The molecule has 1 atom stereocenters. The molecule has 0 aliphatic carbocycles. The van der Waals surface area contributed by atoms with E-state index in [9.17, 15) is 0 Å². The summed E-state index contributed by atoms with van der Waals surface area (Å²) >= 11 is 0. The number of aromatic nitrogens is 3. The highest BCUT2D eigenvalue weighted by atomic mass is 16.5. The number of benzene rings is 1. The molecule has 0 fully saturated rings. The minimum Gasteiger partial charge on any atom is -0.344 e. The first kappa shape index (κ1) is 13.6. The predicted octanol–water partition coefficient (Wildman–Crippen LogP) is 2.94. The molecule has 0 amide bonds. The maximum absolute atomic E-state index is 5.86. The number of hydrogen-bond donors (Lipinski definition) is 0. The van der Waals surface area contributed by atoms with Gasteiger partial charge < -0.3 is 4.74 Å². The first-order valence-electron chi connectivity index (χ1n) is 6.70. The van der Waals surface area contributed by atoms with E-state index in [-0.39, 0.29) is 0 Å². The molecule has 19 heavy (non-hydrogen) atoms. The number of fused-ring (bicyclic) bond motifs is 1. The van der Waals surface area contributed by atoms with Crippen LogP contribution in [0.25, 0.3) is 11.0 Å². The van der Waals surface area contributed by atoms with Gasteiger partial charge in [0.05, 0.1) is 5.52 Å². The Morgan fingerprint density at radius 2 is 2.16 bits per heavy atom. The summed E-state index contributed by atoms with van der Waals surface area (Å²) in [6.07, 6.45) is 8.53.